The number of hydrogen-bond donors (Lipinski definition) is 1. The Hall–Kier alpha value is -3.82. The fourth-order valence-electron chi connectivity index (χ4n) is 3.73. The highest BCUT2D eigenvalue weighted by molar-refractivity contribution is 5.96. The molecule has 0 aliphatic carbocycles. The van der Waals surface area contributed by atoms with Crippen molar-refractivity contribution in [2.75, 3.05) is 43.1 Å². The predicted molar refractivity (Wildman–Crippen MR) is 116 cm³/mol. The standard InChI is InChI=1S/C22H23N3O7/c26-21(23-16-5-7-19-20(13-16)31-11-10-30-19)14-32-22(27)15-4-6-17(18(12-15)25(28)29)24-8-2-1-3-9-24/h4-7,12-13H,1-3,8-11,14H2,(H,23,26). The Morgan fingerprint density at radius 3 is 2.53 bits per heavy atom. The lowest BCUT2D eigenvalue weighted by molar-refractivity contribution is -0.384. The second kappa shape index (κ2) is 9.54. The van der Waals surface area contributed by atoms with Crippen LogP contribution in [0.3, 0.4) is 0 Å². The summed E-state index contributed by atoms with van der Waals surface area (Å²) in [6, 6.07) is 9.20. The number of nitro groups is 1. The third kappa shape index (κ3) is 4.90. The molecule has 32 heavy (non-hydrogen) atoms. The Bertz CT molecular complexity index is 1030. The van der Waals surface area contributed by atoms with Gasteiger partial charge in [0, 0.05) is 30.9 Å². The number of nitrogens with zero attached hydrogens (tertiary/aromatic N) is 2. The van der Waals surface area contributed by atoms with Gasteiger partial charge in [0.15, 0.2) is 18.1 Å². The van der Waals surface area contributed by atoms with E-state index in [4.69, 9.17) is 14.2 Å². The Balaban J connectivity index is 1.37. The van der Waals surface area contributed by atoms with Crippen molar-refractivity contribution < 1.29 is 28.7 Å². The van der Waals surface area contributed by atoms with Crippen LogP contribution in [0.1, 0.15) is 29.6 Å². The first-order chi connectivity index (χ1) is 15.5. The molecule has 1 fully saturated rings. The summed E-state index contributed by atoms with van der Waals surface area (Å²) in [5, 5.41) is 14.2. The van der Waals surface area contributed by atoms with Gasteiger partial charge in [0.25, 0.3) is 11.6 Å². The molecule has 2 aliphatic heterocycles. The maximum absolute atomic E-state index is 12.4. The van der Waals surface area contributed by atoms with E-state index in [1.54, 1.807) is 24.3 Å². The average Bonchev–Trinajstić information content (AvgIpc) is 2.82. The molecule has 4 rings (SSSR count). The van der Waals surface area contributed by atoms with Gasteiger partial charge in [-0.2, -0.15) is 0 Å². The van der Waals surface area contributed by atoms with Crippen molar-refractivity contribution in [3.05, 3.63) is 52.1 Å². The molecule has 2 aromatic rings. The molecule has 0 saturated carbocycles. The van der Waals surface area contributed by atoms with E-state index in [-0.39, 0.29) is 11.3 Å². The Labute approximate surface area is 184 Å². The minimum absolute atomic E-state index is 0.0181. The van der Waals surface area contributed by atoms with Crippen LogP contribution in [0.5, 0.6) is 11.5 Å². The number of rotatable bonds is 6. The monoisotopic (exact) mass is 441 g/mol. The van der Waals surface area contributed by atoms with Crippen molar-refractivity contribution >= 4 is 28.9 Å². The topological polar surface area (TPSA) is 120 Å². The third-order valence-electron chi connectivity index (χ3n) is 5.26. The molecule has 1 amide bonds. The van der Waals surface area contributed by atoms with Gasteiger partial charge in [0.1, 0.15) is 18.9 Å². The molecule has 2 heterocycles. The van der Waals surface area contributed by atoms with Gasteiger partial charge >= 0.3 is 5.97 Å². The molecule has 0 aromatic heterocycles. The summed E-state index contributed by atoms with van der Waals surface area (Å²) in [6.45, 7) is 1.83. The number of nitro benzene ring substituents is 1. The maximum atomic E-state index is 12.4. The number of nitrogens with one attached hydrogen (secondary N) is 1. The van der Waals surface area contributed by atoms with Crippen LogP contribution < -0.4 is 19.7 Å². The predicted octanol–water partition coefficient (Wildman–Crippen LogP) is 3.15. The number of benzene rings is 2. The van der Waals surface area contributed by atoms with E-state index >= 15 is 0 Å². The highest BCUT2D eigenvalue weighted by Crippen LogP contribution is 2.33. The summed E-state index contributed by atoms with van der Waals surface area (Å²) in [7, 11) is 0. The van der Waals surface area contributed by atoms with Crippen molar-refractivity contribution in [1.82, 2.24) is 0 Å². The van der Waals surface area contributed by atoms with Crippen molar-refractivity contribution in [1.29, 1.82) is 0 Å². The van der Waals surface area contributed by atoms with Crippen molar-refractivity contribution in [2.24, 2.45) is 0 Å². The fraction of sp³-hybridized carbons (Fsp3) is 0.364. The average molecular weight is 441 g/mol. The van der Waals surface area contributed by atoms with E-state index in [0.717, 1.165) is 32.4 Å². The number of anilines is 2. The summed E-state index contributed by atoms with van der Waals surface area (Å²) in [6.07, 6.45) is 3.04. The van der Waals surface area contributed by atoms with E-state index in [1.165, 1.54) is 12.1 Å². The second-order valence-corrected chi connectivity index (χ2v) is 7.49. The molecule has 1 saturated heterocycles. The first kappa shape index (κ1) is 21.4. The van der Waals surface area contributed by atoms with Crippen LogP contribution in [0.2, 0.25) is 0 Å². The summed E-state index contributed by atoms with van der Waals surface area (Å²) in [5.41, 5.74) is 0.825. The third-order valence-corrected chi connectivity index (χ3v) is 5.26. The molecule has 0 radical (unpaired) electrons. The first-order valence-electron chi connectivity index (χ1n) is 10.4. The highest BCUT2D eigenvalue weighted by Gasteiger charge is 2.24. The van der Waals surface area contributed by atoms with Crippen LogP contribution in [0.25, 0.3) is 0 Å². The molecule has 0 bridgehead atoms. The van der Waals surface area contributed by atoms with Crippen molar-refractivity contribution in [3.63, 3.8) is 0 Å². The van der Waals surface area contributed by atoms with Crippen molar-refractivity contribution in [3.8, 4) is 11.5 Å². The Morgan fingerprint density at radius 1 is 1.03 bits per heavy atom. The lowest BCUT2D eigenvalue weighted by Crippen LogP contribution is -2.30. The molecule has 2 aliphatic rings. The molecule has 10 nitrogen and oxygen atoms in total. The molecule has 0 atom stereocenters. The van der Waals surface area contributed by atoms with Crippen LogP contribution >= 0.6 is 0 Å². The van der Waals surface area contributed by atoms with Crippen LogP contribution in [0.4, 0.5) is 17.1 Å². The fourth-order valence-corrected chi connectivity index (χ4v) is 3.73. The molecule has 2 aromatic carbocycles. The number of ether oxygens (including phenoxy) is 3. The summed E-state index contributed by atoms with van der Waals surface area (Å²) >= 11 is 0. The second-order valence-electron chi connectivity index (χ2n) is 7.49. The van der Waals surface area contributed by atoms with Crippen LogP contribution in [0.15, 0.2) is 36.4 Å². The molecule has 0 spiro atoms. The van der Waals surface area contributed by atoms with Gasteiger partial charge in [0.05, 0.1) is 10.5 Å². The molecule has 168 valence electrons. The van der Waals surface area contributed by atoms with E-state index in [1.807, 2.05) is 4.90 Å². The van der Waals surface area contributed by atoms with Gasteiger partial charge in [-0.15, -0.1) is 0 Å². The minimum atomic E-state index is -0.810. The van der Waals surface area contributed by atoms with Gasteiger partial charge in [0.2, 0.25) is 0 Å². The number of carbonyl (C=O) groups is 2. The maximum Gasteiger partial charge on any atom is 0.338 e. The van der Waals surface area contributed by atoms with Gasteiger partial charge in [-0.05, 0) is 43.5 Å². The lowest BCUT2D eigenvalue weighted by Gasteiger charge is -2.28. The Kier molecular flexibility index (Phi) is 6.39. The van der Waals surface area contributed by atoms with Gasteiger partial charge < -0.3 is 24.4 Å². The number of carbonyl (C=O) groups excluding carboxylic acids is 2. The number of hydrogen-bond acceptors (Lipinski definition) is 8. The van der Waals surface area contributed by atoms with Gasteiger partial charge in [-0.3, -0.25) is 14.9 Å². The minimum Gasteiger partial charge on any atom is -0.486 e. The van der Waals surface area contributed by atoms with E-state index < -0.39 is 23.4 Å². The normalized spacial score (nSPS) is 15.1. The van der Waals surface area contributed by atoms with Crippen LogP contribution in [-0.2, 0) is 9.53 Å². The lowest BCUT2D eigenvalue weighted by atomic mass is 10.1. The quantitative estimate of drug-likeness (QED) is 0.412. The summed E-state index contributed by atoms with van der Waals surface area (Å²) in [5.74, 6) is -0.243. The zero-order valence-electron chi connectivity index (χ0n) is 17.4. The molecular formula is C22H23N3O7. The van der Waals surface area contributed by atoms with E-state index in [2.05, 4.69) is 5.32 Å². The molecule has 0 unspecified atom stereocenters. The largest absolute Gasteiger partial charge is 0.486 e. The number of amides is 1. The van der Waals surface area contributed by atoms with Crippen LogP contribution in [-0.4, -0.2) is 49.7 Å². The SMILES string of the molecule is O=C(COC(=O)c1ccc(N2CCCCC2)c([N+](=O)[O-])c1)Nc1ccc2c(c1)OCCO2. The summed E-state index contributed by atoms with van der Waals surface area (Å²) < 4.78 is 15.9. The van der Waals surface area contributed by atoms with E-state index in [0.29, 0.717) is 36.1 Å². The molecule has 10 heteroatoms. The van der Waals surface area contributed by atoms with Crippen molar-refractivity contribution in [2.45, 2.75) is 19.3 Å². The highest BCUT2D eigenvalue weighted by atomic mass is 16.6. The number of esters is 1. The molecular weight excluding hydrogens is 418 g/mol. The smallest absolute Gasteiger partial charge is 0.338 e. The van der Waals surface area contributed by atoms with E-state index in [9.17, 15) is 19.7 Å². The van der Waals surface area contributed by atoms with Gasteiger partial charge in [-0.1, -0.05) is 0 Å². The molecule has 1 N–H and O–H groups in total. The zero-order chi connectivity index (χ0) is 22.5. The number of fused-ring (bicyclic) bond motifs is 1. The number of piperidine rings is 1. The Morgan fingerprint density at radius 2 is 1.78 bits per heavy atom. The van der Waals surface area contributed by atoms with Crippen LogP contribution in [0, 0.1) is 10.1 Å². The van der Waals surface area contributed by atoms with Gasteiger partial charge in [-0.25, -0.2) is 4.79 Å². The zero-order valence-corrected chi connectivity index (χ0v) is 17.4. The first-order valence-corrected chi connectivity index (χ1v) is 10.4. The summed E-state index contributed by atoms with van der Waals surface area (Å²) in [4.78, 5) is 37.6.